The lowest BCUT2D eigenvalue weighted by Crippen LogP contribution is -2.35. The summed E-state index contributed by atoms with van der Waals surface area (Å²) in [6.07, 6.45) is 0.146. The Morgan fingerprint density at radius 1 is 1.33 bits per heavy atom. The summed E-state index contributed by atoms with van der Waals surface area (Å²) in [6, 6.07) is 7.39. The third kappa shape index (κ3) is 2.90. The summed E-state index contributed by atoms with van der Waals surface area (Å²) in [5.74, 6) is 0.618. The van der Waals surface area contributed by atoms with Gasteiger partial charge in [-0.3, -0.25) is 19.1 Å². The molecule has 0 bridgehead atoms. The van der Waals surface area contributed by atoms with Gasteiger partial charge in [0.2, 0.25) is 0 Å². The number of fused-ring (bicyclic) bond motifs is 1. The summed E-state index contributed by atoms with van der Waals surface area (Å²) < 4.78 is 6.31. The largest absolute Gasteiger partial charge is 0.497 e. The maximum Gasteiger partial charge on any atom is 0.329 e. The summed E-state index contributed by atoms with van der Waals surface area (Å²) in [4.78, 5) is 39.3. The molecule has 0 spiro atoms. The van der Waals surface area contributed by atoms with E-state index in [4.69, 9.17) is 4.74 Å². The standard InChI is InChI=1S/C17H16N2O4S/c1-10(20)6-7-19-16(21)14-13(9-24-15(14)18-17(19)22)11-4-3-5-12(8-11)23-2/h3-5,8-9H,6-7H2,1-2H3,(H,18,22). The van der Waals surface area contributed by atoms with Gasteiger partial charge in [0, 0.05) is 23.9 Å². The van der Waals surface area contributed by atoms with Gasteiger partial charge in [0.05, 0.1) is 12.5 Å². The molecule has 0 aliphatic rings. The van der Waals surface area contributed by atoms with Gasteiger partial charge in [0.15, 0.2) is 0 Å². The summed E-state index contributed by atoms with van der Waals surface area (Å²) in [6.45, 7) is 1.51. The van der Waals surface area contributed by atoms with Crippen molar-refractivity contribution in [3.05, 3.63) is 50.5 Å². The maximum absolute atomic E-state index is 12.8. The second-order valence-corrected chi connectivity index (χ2v) is 6.30. The van der Waals surface area contributed by atoms with Gasteiger partial charge in [0.1, 0.15) is 16.4 Å². The van der Waals surface area contributed by atoms with Crippen molar-refractivity contribution in [1.29, 1.82) is 0 Å². The lowest BCUT2D eigenvalue weighted by atomic mass is 10.1. The van der Waals surface area contributed by atoms with E-state index in [2.05, 4.69) is 4.98 Å². The number of benzene rings is 1. The first-order chi connectivity index (χ1) is 11.5. The number of aromatic nitrogens is 2. The molecule has 0 unspecified atom stereocenters. The first-order valence-corrected chi connectivity index (χ1v) is 8.27. The van der Waals surface area contributed by atoms with E-state index in [1.165, 1.54) is 18.3 Å². The molecule has 3 rings (SSSR count). The molecule has 0 saturated heterocycles. The number of nitrogens with zero attached hydrogens (tertiary/aromatic N) is 1. The number of ketones is 1. The fourth-order valence-corrected chi connectivity index (χ4v) is 3.48. The molecule has 0 saturated carbocycles. The molecule has 1 N–H and O–H groups in total. The highest BCUT2D eigenvalue weighted by Gasteiger charge is 2.15. The number of thiophene rings is 1. The van der Waals surface area contributed by atoms with Gasteiger partial charge >= 0.3 is 5.69 Å². The fraction of sp³-hybridized carbons (Fsp3) is 0.235. The van der Waals surface area contributed by atoms with Crippen LogP contribution >= 0.6 is 11.3 Å². The SMILES string of the molecule is COc1cccc(-c2csc3[nH]c(=O)n(CCC(C)=O)c(=O)c23)c1. The molecule has 0 aliphatic heterocycles. The Labute approximate surface area is 141 Å². The lowest BCUT2D eigenvalue weighted by Gasteiger charge is -2.06. The van der Waals surface area contributed by atoms with Crippen molar-refractivity contribution < 1.29 is 9.53 Å². The first kappa shape index (κ1) is 16.2. The highest BCUT2D eigenvalue weighted by atomic mass is 32.1. The second-order valence-electron chi connectivity index (χ2n) is 5.42. The highest BCUT2D eigenvalue weighted by Crippen LogP contribution is 2.31. The van der Waals surface area contributed by atoms with E-state index in [0.29, 0.717) is 16.0 Å². The van der Waals surface area contributed by atoms with Gasteiger partial charge in [-0.2, -0.15) is 0 Å². The van der Waals surface area contributed by atoms with Crippen LogP contribution in [0.3, 0.4) is 0 Å². The van der Waals surface area contributed by atoms with Crippen molar-refractivity contribution in [3.63, 3.8) is 0 Å². The predicted molar refractivity (Wildman–Crippen MR) is 94.0 cm³/mol. The summed E-state index contributed by atoms with van der Waals surface area (Å²) in [7, 11) is 1.58. The van der Waals surface area contributed by atoms with Gasteiger partial charge < -0.3 is 4.74 Å². The monoisotopic (exact) mass is 344 g/mol. The molecule has 6 nitrogen and oxygen atoms in total. The Balaban J connectivity index is 2.20. The van der Waals surface area contributed by atoms with E-state index < -0.39 is 5.69 Å². The minimum atomic E-state index is -0.493. The van der Waals surface area contributed by atoms with Crippen molar-refractivity contribution in [3.8, 4) is 16.9 Å². The number of rotatable bonds is 5. The molecular formula is C17H16N2O4S. The highest BCUT2D eigenvalue weighted by molar-refractivity contribution is 7.17. The van der Waals surface area contributed by atoms with Crippen molar-refractivity contribution in [2.24, 2.45) is 0 Å². The van der Waals surface area contributed by atoms with E-state index in [1.807, 2.05) is 29.6 Å². The number of aromatic amines is 1. The van der Waals surface area contributed by atoms with Crippen LogP contribution in [0.2, 0.25) is 0 Å². The third-order valence-corrected chi connectivity index (χ3v) is 4.68. The van der Waals surface area contributed by atoms with Gasteiger partial charge in [-0.05, 0) is 24.6 Å². The van der Waals surface area contributed by atoms with Gasteiger partial charge in [0.25, 0.3) is 5.56 Å². The van der Waals surface area contributed by atoms with Crippen LogP contribution in [-0.4, -0.2) is 22.4 Å². The minimum absolute atomic E-state index is 0.0697. The number of nitrogens with one attached hydrogen (secondary N) is 1. The predicted octanol–water partition coefficient (Wildman–Crippen LogP) is 2.41. The Morgan fingerprint density at radius 3 is 2.83 bits per heavy atom. The molecule has 124 valence electrons. The van der Waals surface area contributed by atoms with Crippen LogP contribution in [0.5, 0.6) is 5.75 Å². The number of ether oxygens (including phenoxy) is 1. The molecule has 7 heteroatoms. The number of carbonyl (C=O) groups excluding carboxylic acids is 1. The summed E-state index contributed by atoms with van der Waals surface area (Å²) in [5, 5.41) is 2.29. The topological polar surface area (TPSA) is 81.2 Å². The Kier molecular flexibility index (Phi) is 4.35. The van der Waals surface area contributed by atoms with Gasteiger partial charge in [-0.1, -0.05) is 12.1 Å². The zero-order valence-electron chi connectivity index (χ0n) is 13.3. The zero-order chi connectivity index (χ0) is 17.3. The van der Waals surface area contributed by atoms with Gasteiger partial charge in [-0.15, -0.1) is 11.3 Å². The lowest BCUT2D eigenvalue weighted by molar-refractivity contribution is -0.117. The Hall–Kier alpha value is -2.67. The summed E-state index contributed by atoms with van der Waals surface area (Å²) >= 11 is 1.31. The smallest absolute Gasteiger partial charge is 0.329 e. The molecular weight excluding hydrogens is 328 g/mol. The van der Waals surface area contributed by atoms with Crippen molar-refractivity contribution in [2.45, 2.75) is 19.9 Å². The molecule has 0 fully saturated rings. The number of hydrogen-bond acceptors (Lipinski definition) is 5. The van der Waals surface area contributed by atoms with Crippen molar-refractivity contribution >= 4 is 27.3 Å². The molecule has 2 heterocycles. The van der Waals surface area contributed by atoms with Crippen molar-refractivity contribution in [1.82, 2.24) is 9.55 Å². The number of hydrogen-bond donors (Lipinski definition) is 1. The molecule has 0 atom stereocenters. The van der Waals surface area contributed by atoms with Crippen LogP contribution in [-0.2, 0) is 11.3 Å². The molecule has 2 aromatic heterocycles. The van der Waals surface area contributed by atoms with E-state index in [-0.39, 0.29) is 24.3 Å². The van der Waals surface area contributed by atoms with E-state index in [9.17, 15) is 14.4 Å². The quantitative estimate of drug-likeness (QED) is 0.771. The average molecular weight is 344 g/mol. The van der Waals surface area contributed by atoms with Crippen LogP contribution < -0.4 is 16.0 Å². The number of carbonyl (C=O) groups is 1. The number of H-pyrrole nitrogens is 1. The van der Waals surface area contributed by atoms with Crippen LogP contribution in [0, 0.1) is 0 Å². The third-order valence-electron chi connectivity index (χ3n) is 3.78. The van der Waals surface area contributed by atoms with E-state index >= 15 is 0 Å². The van der Waals surface area contributed by atoms with Crippen LogP contribution in [0.1, 0.15) is 13.3 Å². The first-order valence-electron chi connectivity index (χ1n) is 7.39. The summed E-state index contributed by atoms with van der Waals surface area (Å²) in [5.41, 5.74) is 0.705. The number of Topliss-reactive ketones (excluding diaryl/α,β-unsaturated/α-hetero) is 1. The molecule has 24 heavy (non-hydrogen) atoms. The molecule has 0 radical (unpaired) electrons. The van der Waals surface area contributed by atoms with E-state index in [1.54, 1.807) is 7.11 Å². The Bertz CT molecular complexity index is 1030. The molecule has 1 aromatic carbocycles. The molecule has 0 aliphatic carbocycles. The van der Waals surface area contributed by atoms with E-state index in [0.717, 1.165) is 15.7 Å². The average Bonchev–Trinajstić information content (AvgIpc) is 2.98. The van der Waals surface area contributed by atoms with Crippen LogP contribution in [0.15, 0.2) is 39.2 Å². The van der Waals surface area contributed by atoms with Crippen molar-refractivity contribution in [2.75, 3.05) is 7.11 Å². The molecule has 0 amide bonds. The normalized spacial score (nSPS) is 10.9. The van der Waals surface area contributed by atoms with Gasteiger partial charge in [-0.25, -0.2) is 4.79 Å². The maximum atomic E-state index is 12.8. The Morgan fingerprint density at radius 2 is 2.12 bits per heavy atom. The second kappa shape index (κ2) is 6.45. The zero-order valence-corrected chi connectivity index (χ0v) is 14.1. The molecule has 3 aromatic rings. The number of methoxy groups -OCH3 is 1. The fourth-order valence-electron chi connectivity index (χ4n) is 2.53. The van der Waals surface area contributed by atoms with Crippen LogP contribution in [0.4, 0.5) is 0 Å². The van der Waals surface area contributed by atoms with Crippen LogP contribution in [0.25, 0.3) is 21.3 Å². The minimum Gasteiger partial charge on any atom is -0.497 e.